The number of carbonyl (C=O) groups excluding carboxylic acids is 2. The summed E-state index contributed by atoms with van der Waals surface area (Å²) in [4.78, 5) is 34.2. The number of fused-ring (bicyclic) bond motifs is 2. The van der Waals surface area contributed by atoms with Crippen molar-refractivity contribution in [2.45, 2.75) is 37.8 Å². The maximum Gasteiger partial charge on any atom is 0.268 e. The van der Waals surface area contributed by atoms with Gasteiger partial charge in [-0.15, -0.1) is 11.3 Å². The van der Waals surface area contributed by atoms with E-state index < -0.39 is 6.10 Å². The normalized spacial score (nSPS) is 33.3. The van der Waals surface area contributed by atoms with Crippen molar-refractivity contribution in [3.05, 3.63) is 17.3 Å². The Bertz CT molecular complexity index is 821. The lowest BCUT2D eigenvalue weighted by Gasteiger charge is -2.31. The molecular formula is C18H22N4O3S. The molecule has 1 aliphatic heterocycles. The molecule has 3 N–H and O–H groups in total. The molecule has 1 saturated heterocycles. The zero-order chi connectivity index (χ0) is 17.8. The summed E-state index contributed by atoms with van der Waals surface area (Å²) in [5, 5.41) is 13.2. The summed E-state index contributed by atoms with van der Waals surface area (Å²) in [6.45, 7) is 1.39. The highest BCUT2D eigenvalue weighted by Gasteiger charge is 2.58. The molecule has 0 aromatic carbocycles. The van der Waals surface area contributed by atoms with Gasteiger partial charge in [-0.3, -0.25) is 9.59 Å². The molecule has 26 heavy (non-hydrogen) atoms. The maximum absolute atomic E-state index is 12.7. The number of aromatic nitrogens is 2. The molecule has 0 spiro atoms. The van der Waals surface area contributed by atoms with Gasteiger partial charge in [0.15, 0.2) is 0 Å². The van der Waals surface area contributed by atoms with Gasteiger partial charge in [-0.05, 0) is 18.9 Å². The van der Waals surface area contributed by atoms with Crippen LogP contribution in [-0.4, -0.2) is 57.0 Å². The number of amides is 2. The van der Waals surface area contributed by atoms with E-state index in [4.69, 9.17) is 0 Å². The van der Waals surface area contributed by atoms with Gasteiger partial charge in [0.2, 0.25) is 5.91 Å². The first kappa shape index (κ1) is 16.3. The molecule has 2 aromatic heterocycles. The molecule has 5 rings (SSSR count). The van der Waals surface area contributed by atoms with Crippen LogP contribution < -0.4 is 5.32 Å². The van der Waals surface area contributed by atoms with E-state index >= 15 is 0 Å². The number of rotatable bonds is 3. The van der Waals surface area contributed by atoms with Crippen molar-refractivity contribution >= 4 is 33.5 Å². The number of likely N-dealkylation sites (tertiary alicyclic amines) is 1. The van der Waals surface area contributed by atoms with Gasteiger partial charge in [0.05, 0.1) is 22.2 Å². The Morgan fingerprint density at radius 1 is 1.27 bits per heavy atom. The van der Waals surface area contributed by atoms with Crippen molar-refractivity contribution < 1.29 is 14.7 Å². The Morgan fingerprint density at radius 2 is 2.04 bits per heavy atom. The van der Waals surface area contributed by atoms with E-state index in [0.717, 1.165) is 36.0 Å². The van der Waals surface area contributed by atoms with E-state index in [1.165, 1.54) is 11.3 Å². The smallest absolute Gasteiger partial charge is 0.268 e. The summed E-state index contributed by atoms with van der Waals surface area (Å²) in [6, 6.07) is 1.98. The lowest BCUT2D eigenvalue weighted by Crippen LogP contribution is -2.44. The molecule has 1 unspecified atom stereocenters. The van der Waals surface area contributed by atoms with Crippen LogP contribution >= 0.6 is 11.3 Å². The molecule has 2 aromatic rings. The lowest BCUT2D eigenvalue weighted by atomic mass is 9.85. The standard InChI is InChI=1S/C18H22N4O3S/c23-13-4-2-1-3-9(13)18(25)22-6-10-11(7-22)15(10)21-17(24)12-5-14-16(20-12)19-8-26-14/h5,8-11,13,15,20,23H,1-4,6-7H2,(H,21,24)/t9-,10-,11+,13-,15?/m1/s1. The average molecular weight is 374 g/mol. The Kier molecular flexibility index (Phi) is 3.79. The van der Waals surface area contributed by atoms with Crippen LogP contribution in [0.15, 0.2) is 11.6 Å². The summed E-state index contributed by atoms with van der Waals surface area (Å²) in [5.41, 5.74) is 3.05. The van der Waals surface area contributed by atoms with E-state index in [1.807, 2.05) is 11.0 Å². The minimum Gasteiger partial charge on any atom is -0.392 e. The molecule has 2 amide bonds. The summed E-state index contributed by atoms with van der Waals surface area (Å²) in [6.07, 6.45) is 3.08. The summed E-state index contributed by atoms with van der Waals surface area (Å²) < 4.78 is 0.981. The number of hydrogen-bond donors (Lipinski definition) is 3. The number of nitrogens with one attached hydrogen (secondary N) is 2. The molecule has 3 aliphatic rings. The molecule has 7 nitrogen and oxygen atoms in total. The van der Waals surface area contributed by atoms with Crippen LogP contribution in [0, 0.1) is 17.8 Å². The number of nitrogens with zero attached hydrogens (tertiary/aromatic N) is 2. The van der Waals surface area contributed by atoms with Gasteiger partial charge >= 0.3 is 0 Å². The van der Waals surface area contributed by atoms with E-state index in [9.17, 15) is 14.7 Å². The predicted octanol–water partition coefficient (Wildman–Crippen LogP) is 1.36. The Labute approximate surface area is 154 Å². The molecule has 3 fully saturated rings. The van der Waals surface area contributed by atoms with Gasteiger partial charge < -0.3 is 20.3 Å². The largest absolute Gasteiger partial charge is 0.392 e. The quantitative estimate of drug-likeness (QED) is 0.755. The molecule has 2 saturated carbocycles. The van der Waals surface area contributed by atoms with Crippen LogP contribution in [0.5, 0.6) is 0 Å². The molecule has 3 heterocycles. The number of aliphatic hydroxyl groups is 1. The number of aliphatic hydroxyl groups excluding tert-OH is 1. The summed E-state index contributed by atoms with van der Waals surface area (Å²) in [7, 11) is 0. The van der Waals surface area contributed by atoms with Crippen LogP contribution in [0.1, 0.15) is 36.2 Å². The molecule has 5 atom stereocenters. The van der Waals surface area contributed by atoms with Crippen molar-refractivity contribution in [2.24, 2.45) is 17.8 Å². The maximum atomic E-state index is 12.7. The minimum atomic E-state index is -0.487. The fraction of sp³-hybridized carbons (Fsp3) is 0.611. The van der Waals surface area contributed by atoms with Gasteiger partial charge in [0, 0.05) is 31.0 Å². The van der Waals surface area contributed by atoms with Crippen molar-refractivity contribution in [1.82, 2.24) is 20.2 Å². The second-order valence-electron chi connectivity index (χ2n) is 7.78. The zero-order valence-corrected chi connectivity index (χ0v) is 15.2. The van der Waals surface area contributed by atoms with Crippen LogP contribution in [-0.2, 0) is 4.79 Å². The van der Waals surface area contributed by atoms with Gasteiger partial charge in [0.1, 0.15) is 11.3 Å². The molecular weight excluding hydrogens is 352 g/mol. The first-order valence-electron chi connectivity index (χ1n) is 9.32. The second-order valence-corrected chi connectivity index (χ2v) is 8.66. The number of aromatic amines is 1. The first-order valence-corrected chi connectivity index (χ1v) is 10.2. The van der Waals surface area contributed by atoms with E-state index in [1.54, 1.807) is 5.51 Å². The monoisotopic (exact) mass is 374 g/mol. The Hall–Kier alpha value is -1.93. The zero-order valence-electron chi connectivity index (χ0n) is 14.4. The van der Waals surface area contributed by atoms with Gasteiger partial charge in [-0.25, -0.2) is 4.98 Å². The van der Waals surface area contributed by atoms with Crippen LogP contribution in [0.3, 0.4) is 0 Å². The molecule has 0 bridgehead atoms. The van der Waals surface area contributed by atoms with E-state index in [2.05, 4.69) is 15.3 Å². The van der Waals surface area contributed by atoms with Crippen molar-refractivity contribution in [1.29, 1.82) is 0 Å². The summed E-state index contributed by atoms with van der Waals surface area (Å²) >= 11 is 1.51. The highest BCUT2D eigenvalue weighted by atomic mass is 32.1. The van der Waals surface area contributed by atoms with Gasteiger partial charge in [-0.1, -0.05) is 12.8 Å². The second kappa shape index (κ2) is 6.06. The molecule has 8 heteroatoms. The van der Waals surface area contributed by atoms with Crippen molar-refractivity contribution in [2.75, 3.05) is 13.1 Å². The van der Waals surface area contributed by atoms with Gasteiger partial charge in [-0.2, -0.15) is 0 Å². The average Bonchev–Trinajstić information content (AvgIpc) is 3.08. The molecule has 138 valence electrons. The molecule has 2 aliphatic carbocycles. The van der Waals surface area contributed by atoms with Crippen LogP contribution in [0.4, 0.5) is 0 Å². The lowest BCUT2D eigenvalue weighted by molar-refractivity contribution is -0.140. The predicted molar refractivity (Wildman–Crippen MR) is 96.7 cm³/mol. The minimum absolute atomic E-state index is 0.102. The number of H-pyrrole nitrogens is 1. The number of thiazole rings is 1. The highest BCUT2D eigenvalue weighted by Crippen LogP contribution is 2.46. The Balaban J connectivity index is 1.17. The van der Waals surface area contributed by atoms with E-state index in [0.29, 0.717) is 30.6 Å². The highest BCUT2D eigenvalue weighted by molar-refractivity contribution is 7.16. The third-order valence-electron chi connectivity index (χ3n) is 6.22. The van der Waals surface area contributed by atoms with E-state index in [-0.39, 0.29) is 23.8 Å². The summed E-state index contributed by atoms with van der Waals surface area (Å²) in [5.74, 6) is 0.463. The number of piperidine rings is 1. The van der Waals surface area contributed by atoms with Gasteiger partial charge in [0.25, 0.3) is 5.91 Å². The fourth-order valence-corrected chi connectivity index (χ4v) is 5.32. The fourth-order valence-electron chi connectivity index (χ4n) is 4.65. The SMILES string of the molecule is O=C(NC1[C@H]2CN(C(=O)[C@@H]3CCCC[C@H]3O)C[C@@H]12)c1cc2scnc2[nH]1. The first-order chi connectivity index (χ1) is 12.6. The van der Waals surface area contributed by atoms with Crippen molar-refractivity contribution in [3.63, 3.8) is 0 Å². The Morgan fingerprint density at radius 3 is 2.77 bits per heavy atom. The van der Waals surface area contributed by atoms with Crippen LogP contribution in [0.25, 0.3) is 10.3 Å². The topological polar surface area (TPSA) is 98.3 Å². The van der Waals surface area contributed by atoms with Crippen molar-refractivity contribution in [3.8, 4) is 0 Å². The third kappa shape index (κ3) is 2.63. The molecule has 0 radical (unpaired) electrons. The number of carbonyl (C=O) groups is 2. The van der Waals surface area contributed by atoms with Crippen LogP contribution in [0.2, 0.25) is 0 Å². The number of hydrogen-bond acceptors (Lipinski definition) is 5. The third-order valence-corrected chi connectivity index (χ3v) is 6.99.